The lowest BCUT2D eigenvalue weighted by atomic mass is 9.99. The van der Waals surface area contributed by atoms with E-state index >= 15 is 0 Å². The Balaban J connectivity index is 2.43. The van der Waals surface area contributed by atoms with Crippen molar-refractivity contribution in [3.05, 3.63) is 0 Å². The molecule has 1 amide bonds. The fourth-order valence-corrected chi connectivity index (χ4v) is 2.47. The highest BCUT2D eigenvalue weighted by atomic mass is 16.5. The highest BCUT2D eigenvalue weighted by molar-refractivity contribution is 5.79. The Bertz CT molecular complexity index is 312. The number of esters is 1. The molecular weight excluding hydrogens is 256 g/mol. The van der Waals surface area contributed by atoms with Gasteiger partial charge in [-0.2, -0.15) is 0 Å². The van der Waals surface area contributed by atoms with Crippen molar-refractivity contribution in [3.63, 3.8) is 0 Å². The molecule has 0 aromatic rings. The van der Waals surface area contributed by atoms with Gasteiger partial charge in [-0.15, -0.1) is 0 Å². The van der Waals surface area contributed by atoms with Gasteiger partial charge in [-0.05, 0) is 38.6 Å². The number of amides is 1. The molecule has 0 N–H and O–H groups in total. The second-order valence-corrected chi connectivity index (χ2v) is 5.58. The van der Waals surface area contributed by atoms with Crippen LogP contribution in [-0.2, 0) is 14.3 Å². The predicted molar refractivity (Wildman–Crippen MR) is 78.3 cm³/mol. The number of hydrogen-bond acceptors (Lipinski definition) is 4. The summed E-state index contributed by atoms with van der Waals surface area (Å²) in [6.45, 7) is 9.42. The summed E-state index contributed by atoms with van der Waals surface area (Å²) in [7, 11) is 0. The van der Waals surface area contributed by atoms with Gasteiger partial charge in [0.15, 0.2) is 0 Å². The standard InChI is InChI=1S/C15H28N2O3/c1-4-8-16(12-15(19)20-5-2)11-14(18)17-9-6-13(3)7-10-17/h13H,4-12H2,1-3H3. The van der Waals surface area contributed by atoms with E-state index in [0.717, 1.165) is 38.9 Å². The number of rotatable bonds is 7. The first-order valence-electron chi connectivity index (χ1n) is 7.72. The quantitative estimate of drug-likeness (QED) is 0.665. The van der Waals surface area contributed by atoms with Gasteiger partial charge in [0, 0.05) is 13.1 Å². The first-order valence-corrected chi connectivity index (χ1v) is 7.72. The van der Waals surface area contributed by atoms with E-state index in [-0.39, 0.29) is 18.4 Å². The Labute approximate surface area is 122 Å². The molecule has 1 aliphatic heterocycles. The first kappa shape index (κ1) is 17.0. The third-order valence-electron chi connectivity index (χ3n) is 3.69. The molecule has 0 atom stereocenters. The van der Waals surface area contributed by atoms with Gasteiger partial charge in [0.05, 0.1) is 19.7 Å². The fraction of sp³-hybridized carbons (Fsp3) is 0.867. The number of ether oxygens (including phenoxy) is 1. The summed E-state index contributed by atoms with van der Waals surface area (Å²) in [4.78, 5) is 27.6. The summed E-state index contributed by atoms with van der Waals surface area (Å²) in [5.41, 5.74) is 0. The summed E-state index contributed by atoms with van der Waals surface area (Å²) in [5.74, 6) is 0.598. The monoisotopic (exact) mass is 284 g/mol. The molecule has 5 heteroatoms. The molecule has 1 aliphatic rings. The molecule has 0 aromatic carbocycles. The van der Waals surface area contributed by atoms with Gasteiger partial charge < -0.3 is 9.64 Å². The van der Waals surface area contributed by atoms with Gasteiger partial charge in [-0.3, -0.25) is 14.5 Å². The summed E-state index contributed by atoms with van der Waals surface area (Å²) >= 11 is 0. The molecule has 1 rings (SSSR count). The SMILES string of the molecule is CCCN(CC(=O)OCC)CC(=O)N1CCC(C)CC1. The van der Waals surface area contributed by atoms with Crippen LogP contribution in [0.15, 0.2) is 0 Å². The van der Waals surface area contributed by atoms with Crippen LogP contribution in [0.5, 0.6) is 0 Å². The molecule has 0 bridgehead atoms. The van der Waals surface area contributed by atoms with Crippen molar-refractivity contribution in [1.29, 1.82) is 0 Å². The molecule has 1 saturated heterocycles. The van der Waals surface area contributed by atoms with E-state index in [4.69, 9.17) is 4.74 Å². The van der Waals surface area contributed by atoms with Crippen molar-refractivity contribution in [3.8, 4) is 0 Å². The maximum absolute atomic E-state index is 12.3. The Morgan fingerprint density at radius 1 is 1.20 bits per heavy atom. The zero-order valence-electron chi connectivity index (χ0n) is 13.1. The number of likely N-dealkylation sites (tertiary alicyclic amines) is 1. The van der Waals surface area contributed by atoms with Crippen molar-refractivity contribution < 1.29 is 14.3 Å². The van der Waals surface area contributed by atoms with Gasteiger partial charge in [0.25, 0.3) is 0 Å². The van der Waals surface area contributed by atoms with Crippen LogP contribution < -0.4 is 0 Å². The molecule has 20 heavy (non-hydrogen) atoms. The molecular formula is C15H28N2O3. The zero-order chi connectivity index (χ0) is 15.0. The summed E-state index contributed by atoms with van der Waals surface area (Å²) in [6, 6.07) is 0. The maximum Gasteiger partial charge on any atom is 0.320 e. The second kappa shape index (κ2) is 8.95. The Morgan fingerprint density at radius 2 is 1.85 bits per heavy atom. The minimum Gasteiger partial charge on any atom is -0.465 e. The zero-order valence-corrected chi connectivity index (χ0v) is 13.1. The van der Waals surface area contributed by atoms with E-state index in [1.807, 2.05) is 16.7 Å². The lowest BCUT2D eigenvalue weighted by Gasteiger charge is -2.32. The molecule has 1 fully saturated rings. The van der Waals surface area contributed by atoms with Crippen LogP contribution in [0.3, 0.4) is 0 Å². The molecule has 0 unspecified atom stereocenters. The topological polar surface area (TPSA) is 49.9 Å². The number of nitrogens with zero attached hydrogens (tertiary/aromatic N) is 2. The van der Waals surface area contributed by atoms with Crippen molar-refractivity contribution in [1.82, 2.24) is 9.80 Å². The van der Waals surface area contributed by atoms with Crippen LogP contribution in [0.2, 0.25) is 0 Å². The Hall–Kier alpha value is -1.10. The summed E-state index contributed by atoms with van der Waals surface area (Å²) in [6.07, 6.45) is 3.08. The Kier molecular flexibility index (Phi) is 7.59. The molecule has 0 saturated carbocycles. The van der Waals surface area contributed by atoms with E-state index in [2.05, 4.69) is 6.92 Å². The predicted octanol–water partition coefficient (Wildman–Crippen LogP) is 1.52. The number of piperidine rings is 1. The smallest absolute Gasteiger partial charge is 0.320 e. The normalized spacial score (nSPS) is 16.5. The number of carbonyl (C=O) groups is 2. The van der Waals surface area contributed by atoms with Crippen LogP contribution in [0.4, 0.5) is 0 Å². The van der Waals surface area contributed by atoms with Crippen molar-refractivity contribution in [2.75, 3.05) is 39.3 Å². The lowest BCUT2D eigenvalue weighted by molar-refractivity contribution is -0.145. The fourth-order valence-electron chi connectivity index (χ4n) is 2.47. The van der Waals surface area contributed by atoms with Crippen molar-refractivity contribution in [2.24, 2.45) is 5.92 Å². The molecule has 0 spiro atoms. The van der Waals surface area contributed by atoms with E-state index < -0.39 is 0 Å². The molecule has 5 nitrogen and oxygen atoms in total. The van der Waals surface area contributed by atoms with Gasteiger partial charge >= 0.3 is 5.97 Å². The van der Waals surface area contributed by atoms with Crippen LogP contribution in [0, 0.1) is 5.92 Å². The lowest BCUT2D eigenvalue weighted by Crippen LogP contribution is -2.45. The number of carbonyl (C=O) groups excluding carboxylic acids is 2. The highest BCUT2D eigenvalue weighted by Gasteiger charge is 2.22. The third-order valence-corrected chi connectivity index (χ3v) is 3.69. The minimum atomic E-state index is -0.249. The van der Waals surface area contributed by atoms with E-state index in [1.165, 1.54) is 0 Å². The maximum atomic E-state index is 12.3. The van der Waals surface area contributed by atoms with Crippen LogP contribution in [-0.4, -0.2) is 61.0 Å². The third kappa shape index (κ3) is 5.90. The molecule has 0 radical (unpaired) electrons. The van der Waals surface area contributed by atoms with Gasteiger partial charge in [-0.25, -0.2) is 0 Å². The number of hydrogen-bond donors (Lipinski definition) is 0. The molecule has 116 valence electrons. The van der Waals surface area contributed by atoms with Gasteiger partial charge in [0.2, 0.25) is 5.91 Å². The van der Waals surface area contributed by atoms with E-state index in [9.17, 15) is 9.59 Å². The van der Waals surface area contributed by atoms with Crippen molar-refractivity contribution in [2.45, 2.75) is 40.0 Å². The van der Waals surface area contributed by atoms with E-state index in [1.54, 1.807) is 6.92 Å². The Morgan fingerprint density at radius 3 is 2.40 bits per heavy atom. The molecule has 0 aliphatic carbocycles. The van der Waals surface area contributed by atoms with Crippen LogP contribution in [0.1, 0.15) is 40.0 Å². The first-order chi connectivity index (χ1) is 9.56. The van der Waals surface area contributed by atoms with Gasteiger partial charge in [-0.1, -0.05) is 13.8 Å². The minimum absolute atomic E-state index is 0.134. The second-order valence-electron chi connectivity index (χ2n) is 5.58. The van der Waals surface area contributed by atoms with Crippen LogP contribution in [0.25, 0.3) is 0 Å². The van der Waals surface area contributed by atoms with Crippen LogP contribution >= 0.6 is 0 Å². The highest BCUT2D eigenvalue weighted by Crippen LogP contribution is 2.16. The molecule has 1 heterocycles. The van der Waals surface area contributed by atoms with Gasteiger partial charge in [0.1, 0.15) is 0 Å². The average molecular weight is 284 g/mol. The van der Waals surface area contributed by atoms with E-state index in [0.29, 0.717) is 19.1 Å². The average Bonchev–Trinajstić information content (AvgIpc) is 2.39. The summed E-state index contributed by atoms with van der Waals surface area (Å²) < 4.78 is 4.95. The summed E-state index contributed by atoms with van der Waals surface area (Å²) in [5, 5.41) is 0. The molecule has 0 aromatic heterocycles. The largest absolute Gasteiger partial charge is 0.465 e. The van der Waals surface area contributed by atoms with Crippen molar-refractivity contribution >= 4 is 11.9 Å².